The Morgan fingerprint density at radius 1 is 1.13 bits per heavy atom. The van der Waals surface area contributed by atoms with Crippen LogP contribution in [0.3, 0.4) is 0 Å². The zero-order chi connectivity index (χ0) is 16.4. The number of aryl methyl sites for hydroxylation is 2. The summed E-state index contributed by atoms with van der Waals surface area (Å²) in [5.74, 6) is 0.289. The molecule has 0 fully saturated rings. The first kappa shape index (κ1) is 15.1. The van der Waals surface area contributed by atoms with Gasteiger partial charge in [-0.1, -0.05) is 13.0 Å². The molecule has 0 atom stereocenters. The lowest BCUT2D eigenvalue weighted by Gasteiger charge is -2.09. The summed E-state index contributed by atoms with van der Waals surface area (Å²) < 4.78 is 1.38. The van der Waals surface area contributed by atoms with Crippen LogP contribution in [0.5, 0.6) is 0 Å². The minimum absolute atomic E-state index is 0.219. The summed E-state index contributed by atoms with van der Waals surface area (Å²) in [7, 11) is 0. The second kappa shape index (κ2) is 6.12. The van der Waals surface area contributed by atoms with Crippen LogP contribution in [0.4, 0.5) is 0 Å². The van der Waals surface area contributed by atoms with E-state index in [2.05, 4.69) is 29.1 Å². The van der Waals surface area contributed by atoms with E-state index in [0.29, 0.717) is 6.42 Å². The Labute approximate surface area is 134 Å². The molecule has 0 aliphatic heterocycles. The smallest absolute Gasteiger partial charge is 0.148 e. The van der Waals surface area contributed by atoms with Gasteiger partial charge in [0, 0.05) is 18.0 Å². The van der Waals surface area contributed by atoms with Crippen molar-refractivity contribution in [2.75, 3.05) is 0 Å². The van der Waals surface area contributed by atoms with Gasteiger partial charge < -0.3 is 0 Å². The minimum atomic E-state index is 0.219. The first-order valence-corrected chi connectivity index (χ1v) is 7.64. The molecular formula is C18H19N5. The molecule has 2 heterocycles. The Hall–Kier alpha value is -2.82. The van der Waals surface area contributed by atoms with E-state index < -0.39 is 0 Å². The van der Waals surface area contributed by atoms with E-state index in [9.17, 15) is 0 Å². The number of hydrogen-bond acceptors (Lipinski definition) is 4. The second-order valence-corrected chi connectivity index (χ2v) is 5.62. The molecule has 0 amide bonds. The number of benzene rings is 1. The monoisotopic (exact) mass is 305 g/mol. The molecule has 0 bridgehead atoms. The van der Waals surface area contributed by atoms with Gasteiger partial charge in [0.15, 0.2) is 0 Å². The van der Waals surface area contributed by atoms with Crippen LogP contribution in [0.2, 0.25) is 0 Å². The molecule has 0 saturated carbocycles. The second-order valence-electron chi connectivity index (χ2n) is 5.62. The number of aromatic nitrogens is 3. The van der Waals surface area contributed by atoms with E-state index >= 15 is 0 Å². The molecule has 116 valence electrons. The van der Waals surface area contributed by atoms with Gasteiger partial charge in [-0.15, -0.1) is 0 Å². The summed E-state index contributed by atoms with van der Waals surface area (Å²) in [5.41, 5.74) is 4.19. The van der Waals surface area contributed by atoms with Crippen molar-refractivity contribution in [1.29, 1.82) is 10.8 Å². The van der Waals surface area contributed by atoms with Gasteiger partial charge in [0.05, 0.1) is 11.2 Å². The van der Waals surface area contributed by atoms with Gasteiger partial charge in [0.1, 0.15) is 11.3 Å². The molecule has 0 unspecified atom stereocenters. The highest BCUT2D eigenvalue weighted by Gasteiger charge is 2.06. The zero-order valence-electron chi connectivity index (χ0n) is 13.3. The van der Waals surface area contributed by atoms with Crippen molar-refractivity contribution in [2.24, 2.45) is 0 Å². The largest absolute Gasteiger partial charge is 0.286 e. The molecule has 5 heteroatoms. The van der Waals surface area contributed by atoms with Gasteiger partial charge in [-0.3, -0.25) is 15.8 Å². The zero-order valence-corrected chi connectivity index (χ0v) is 13.3. The minimum Gasteiger partial charge on any atom is -0.286 e. The van der Waals surface area contributed by atoms with Crippen molar-refractivity contribution in [3.05, 3.63) is 64.9 Å². The van der Waals surface area contributed by atoms with Gasteiger partial charge in [-0.2, -0.15) is 5.10 Å². The summed E-state index contributed by atoms with van der Waals surface area (Å²) in [4.78, 5) is 4.45. The topological polar surface area (TPSA) is 78.4 Å². The van der Waals surface area contributed by atoms with Crippen LogP contribution in [-0.4, -0.2) is 20.6 Å². The van der Waals surface area contributed by atoms with Crippen molar-refractivity contribution in [1.82, 2.24) is 14.8 Å². The average Bonchev–Trinajstić information content (AvgIpc) is 2.56. The van der Waals surface area contributed by atoms with Gasteiger partial charge in [-0.05, 0) is 54.8 Å². The predicted molar refractivity (Wildman–Crippen MR) is 90.8 cm³/mol. The molecule has 1 aromatic carbocycles. The molecule has 23 heavy (non-hydrogen) atoms. The molecule has 3 aromatic rings. The maximum absolute atomic E-state index is 8.26. The van der Waals surface area contributed by atoms with Crippen molar-refractivity contribution in [3.8, 4) is 0 Å². The first-order chi connectivity index (χ1) is 11.1. The van der Waals surface area contributed by atoms with Crippen LogP contribution in [0, 0.1) is 17.7 Å². The Morgan fingerprint density at radius 2 is 1.91 bits per heavy atom. The molecule has 0 aliphatic rings. The quantitative estimate of drug-likeness (QED) is 0.576. The maximum Gasteiger partial charge on any atom is 0.148 e. The van der Waals surface area contributed by atoms with Crippen LogP contribution < -0.4 is 5.49 Å². The Morgan fingerprint density at radius 3 is 2.70 bits per heavy atom. The van der Waals surface area contributed by atoms with E-state index in [-0.39, 0.29) is 11.3 Å². The summed E-state index contributed by atoms with van der Waals surface area (Å²) in [6.45, 7) is 3.97. The van der Waals surface area contributed by atoms with Crippen LogP contribution in [0.25, 0.3) is 10.9 Å². The van der Waals surface area contributed by atoms with E-state index in [1.807, 2.05) is 25.3 Å². The van der Waals surface area contributed by atoms with E-state index in [4.69, 9.17) is 10.8 Å². The molecule has 2 aromatic heterocycles. The fourth-order valence-corrected chi connectivity index (χ4v) is 2.52. The number of fused-ring (bicyclic) bond motifs is 1. The van der Waals surface area contributed by atoms with Crippen molar-refractivity contribution in [3.63, 3.8) is 0 Å². The van der Waals surface area contributed by atoms with E-state index in [1.165, 1.54) is 10.2 Å². The normalized spacial score (nSPS) is 10.9. The fraction of sp³-hybridized carbons (Fsp3) is 0.222. The van der Waals surface area contributed by atoms with Crippen LogP contribution >= 0.6 is 0 Å². The lowest BCUT2D eigenvalue weighted by Crippen LogP contribution is -2.30. The van der Waals surface area contributed by atoms with Crippen molar-refractivity contribution < 1.29 is 0 Å². The van der Waals surface area contributed by atoms with Crippen LogP contribution in [-0.2, 0) is 12.8 Å². The molecule has 2 N–H and O–H groups in total. The Bertz CT molecular complexity index is 940. The maximum atomic E-state index is 8.26. The number of pyridine rings is 1. The van der Waals surface area contributed by atoms with Crippen LogP contribution in [0.15, 0.2) is 42.6 Å². The number of hydrogen-bond donors (Lipinski definition) is 2. The van der Waals surface area contributed by atoms with Gasteiger partial charge in [-0.25, -0.2) is 4.68 Å². The highest BCUT2D eigenvalue weighted by molar-refractivity contribution is 5.85. The lowest BCUT2D eigenvalue weighted by molar-refractivity contribution is 0.776. The number of rotatable bonds is 3. The van der Waals surface area contributed by atoms with E-state index in [1.54, 1.807) is 12.1 Å². The molecule has 0 radical (unpaired) electrons. The highest BCUT2D eigenvalue weighted by atomic mass is 15.3. The van der Waals surface area contributed by atoms with Crippen molar-refractivity contribution in [2.45, 2.75) is 26.7 Å². The third kappa shape index (κ3) is 3.18. The molecule has 3 rings (SSSR count). The summed E-state index contributed by atoms with van der Waals surface area (Å²) in [6, 6.07) is 11.6. The Kier molecular flexibility index (Phi) is 4.02. The molecule has 0 aliphatic carbocycles. The molecule has 0 spiro atoms. The predicted octanol–water partition coefficient (Wildman–Crippen LogP) is 2.85. The molecule has 5 nitrogen and oxygen atoms in total. The fourth-order valence-electron chi connectivity index (χ4n) is 2.52. The van der Waals surface area contributed by atoms with Gasteiger partial charge >= 0.3 is 0 Å². The summed E-state index contributed by atoms with van der Waals surface area (Å²) in [5, 5.41) is 21.5. The average molecular weight is 305 g/mol. The van der Waals surface area contributed by atoms with Gasteiger partial charge in [0.25, 0.3) is 0 Å². The van der Waals surface area contributed by atoms with Crippen LogP contribution in [0.1, 0.15) is 23.7 Å². The van der Waals surface area contributed by atoms with Crippen molar-refractivity contribution >= 4 is 16.7 Å². The highest BCUT2D eigenvalue weighted by Crippen LogP contribution is 2.16. The number of nitrogens with one attached hydrogen (secondary N) is 2. The SMILES string of the molecule is CCc1cnc2ccc(CC(=N)n3nc(C)ccc3=N)cc2c1. The third-order valence-corrected chi connectivity index (χ3v) is 3.81. The standard InChI is InChI=1S/C18H19N5/c1-3-13-8-15-9-14(5-6-16(15)21-11-13)10-18(20)23-17(19)7-4-12(2)22-23/h4-9,11,19-20H,3,10H2,1-2H3. The third-order valence-electron chi connectivity index (χ3n) is 3.81. The summed E-state index contributed by atoms with van der Waals surface area (Å²) >= 11 is 0. The van der Waals surface area contributed by atoms with Gasteiger partial charge in [0.2, 0.25) is 0 Å². The molecular weight excluding hydrogens is 286 g/mol. The molecule has 0 saturated heterocycles. The number of nitrogens with zero attached hydrogens (tertiary/aromatic N) is 3. The summed E-state index contributed by atoms with van der Waals surface area (Å²) in [6.07, 6.45) is 3.29. The van der Waals surface area contributed by atoms with E-state index in [0.717, 1.165) is 28.6 Å². The first-order valence-electron chi connectivity index (χ1n) is 7.64. The lowest BCUT2D eigenvalue weighted by atomic mass is 10.1. The Balaban J connectivity index is 1.93.